The summed E-state index contributed by atoms with van der Waals surface area (Å²) in [6.07, 6.45) is 0. The predicted octanol–water partition coefficient (Wildman–Crippen LogP) is 3.06. The van der Waals surface area contributed by atoms with Crippen LogP contribution >= 0.6 is 0 Å². The van der Waals surface area contributed by atoms with Crippen molar-refractivity contribution in [1.29, 1.82) is 0 Å². The number of nitrogens with zero attached hydrogens (tertiary/aromatic N) is 1. The summed E-state index contributed by atoms with van der Waals surface area (Å²) < 4.78 is 51.2. The molecule has 0 aromatic heterocycles. The molecule has 7 heteroatoms. The number of anilines is 1. The second-order valence-electron chi connectivity index (χ2n) is 4.64. The Bertz CT molecular complexity index is 778. The van der Waals surface area contributed by atoms with Crippen LogP contribution in [0.2, 0.25) is 0 Å². The van der Waals surface area contributed by atoms with Gasteiger partial charge in [-0.15, -0.1) is 0 Å². The van der Waals surface area contributed by atoms with Gasteiger partial charge in [0.2, 0.25) is 0 Å². The summed E-state index contributed by atoms with van der Waals surface area (Å²) in [5.74, 6) is -0.611. The van der Waals surface area contributed by atoms with Crippen molar-refractivity contribution in [2.24, 2.45) is 0 Å². The molecule has 0 saturated heterocycles. The van der Waals surface area contributed by atoms with Crippen LogP contribution in [0.3, 0.4) is 0 Å². The zero-order valence-corrected chi connectivity index (χ0v) is 13.9. The Morgan fingerprint density at radius 3 is 2.13 bits per heavy atom. The highest BCUT2D eigenvalue weighted by Gasteiger charge is 2.28. The summed E-state index contributed by atoms with van der Waals surface area (Å²) in [5, 5.41) is 0. The maximum atomic E-state index is 14.3. The third kappa shape index (κ3) is 3.24. The molecule has 2 aromatic rings. The second-order valence-corrected chi connectivity index (χ2v) is 6.47. The van der Waals surface area contributed by atoms with Gasteiger partial charge in [-0.2, -0.15) is 0 Å². The quantitative estimate of drug-likeness (QED) is 0.812. The van der Waals surface area contributed by atoms with E-state index >= 15 is 0 Å². The Labute approximate surface area is 135 Å². The molecule has 23 heavy (non-hydrogen) atoms. The van der Waals surface area contributed by atoms with Gasteiger partial charge in [0.05, 0.1) is 19.9 Å². The number of benzene rings is 2. The van der Waals surface area contributed by atoms with Gasteiger partial charge in [-0.3, -0.25) is 4.31 Å². The summed E-state index contributed by atoms with van der Waals surface area (Å²) in [6.45, 7) is 1.85. The predicted molar refractivity (Wildman–Crippen MR) is 86.2 cm³/mol. The van der Waals surface area contributed by atoms with Crippen molar-refractivity contribution in [3.63, 3.8) is 0 Å². The Morgan fingerprint density at radius 2 is 1.61 bits per heavy atom. The molecule has 0 aliphatic carbocycles. The fourth-order valence-electron chi connectivity index (χ4n) is 2.24. The van der Waals surface area contributed by atoms with Crippen molar-refractivity contribution in [2.75, 3.05) is 25.1 Å². The fourth-order valence-corrected chi connectivity index (χ4v) is 3.78. The van der Waals surface area contributed by atoms with Crippen LogP contribution < -0.4 is 13.8 Å². The number of halogens is 1. The second kappa shape index (κ2) is 6.87. The van der Waals surface area contributed by atoms with Crippen LogP contribution in [0.25, 0.3) is 0 Å². The van der Waals surface area contributed by atoms with Crippen LogP contribution in [0, 0.1) is 5.82 Å². The van der Waals surface area contributed by atoms with E-state index in [1.807, 2.05) is 0 Å². The molecular weight excluding hydrogens is 321 g/mol. The van der Waals surface area contributed by atoms with E-state index in [1.165, 1.54) is 14.2 Å². The third-order valence-corrected chi connectivity index (χ3v) is 5.26. The van der Waals surface area contributed by atoms with E-state index in [9.17, 15) is 12.8 Å². The van der Waals surface area contributed by atoms with E-state index in [2.05, 4.69) is 0 Å². The van der Waals surface area contributed by atoms with Gasteiger partial charge in [-0.1, -0.05) is 18.2 Å². The first-order valence-electron chi connectivity index (χ1n) is 6.95. The number of para-hydroxylation sites is 1. The van der Waals surface area contributed by atoms with E-state index in [4.69, 9.17) is 9.47 Å². The van der Waals surface area contributed by atoms with Crippen LogP contribution in [0.4, 0.5) is 10.1 Å². The lowest BCUT2D eigenvalue weighted by Gasteiger charge is -2.23. The normalized spacial score (nSPS) is 11.1. The largest absolute Gasteiger partial charge is 0.493 e. The molecule has 0 unspecified atom stereocenters. The van der Waals surface area contributed by atoms with Crippen LogP contribution in [0.5, 0.6) is 11.5 Å². The number of methoxy groups -OCH3 is 2. The molecule has 2 aromatic carbocycles. The molecule has 0 radical (unpaired) electrons. The van der Waals surface area contributed by atoms with Crippen molar-refractivity contribution in [2.45, 2.75) is 11.8 Å². The average molecular weight is 339 g/mol. The van der Waals surface area contributed by atoms with E-state index in [1.54, 1.807) is 37.3 Å². The molecule has 0 saturated carbocycles. The molecule has 0 spiro atoms. The first-order chi connectivity index (χ1) is 11.0. The van der Waals surface area contributed by atoms with Crippen LogP contribution in [-0.2, 0) is 10.0 Å². The van der Waals surface area contributed by atoms with Gasteiger partial charge in [-0.25, -0.2) is 12.8 Å². The number of hydrogen-bond donors (Lipinski definition) is 0. The maximum absolute atomic E-state index is 14.3. The lowest BCUT2D eigenvalue weighted by molar-refractivity contribution is 0.350. The zero-order chi connectivity index (χ0) is 17.0. The number of rotatable bonds is 6. The van der Waals surface area contributed by atoms with Gasteiger partial charge in [0.1, 0.15) is 10.7 Å². The van der Waals surface area contributed by atoms with Crippen molar-refractivity contribution in [3.05, 3.63) is 48.3 Å². The minimum absolute atomic E-state index is 0.131. The lowest BCUT2D eigenvalue weighted by Crippen LogP contribution is -2.31. The molecule has 124 valence electrons. The SMILES string of the molecule is CCN(c1ccccc1)S(=O)(=O)c1cc(OC)c(OC)cc1F. The molecule has 0 bridgehead atoms. The minimum atomic E-state index is -4.07. The number of sulfonamides is 1. The summed E-state index contributed by atoms with van der Waals surface area (Å²) in [5.41, 5.74) is 0.462. The topological polar surface area (TPSA) is 55.8 Å². The van der Waals surface area contributed by atoms with Crippen molar-refractivity contribution in [3.8, 4) is 11.5 Å². The van der Waals surface area contributed by atoms with Crippen molar-refractivity contribution < 1.29 is 22.3 Å². The first-order valence-corrected chi connectivity index (χ1v) is 8.39. The van der Waals surface area contributed by atoms with Gasteiger partial charge in [0.25, 0.3) is 10.0 Å². The summed E-state index contributed by atoms with van der Waals surface area (Å²) in [7, 11) is -1.35. The summed E-state index contributed by atoms with van der Waals surface area (Å²) in [6, 6.07) is 10.7. The summed E-state index contributed by atoms with van der Waals surface area (Å²) >= 11 is 0. The molecule has 0 atom stereocenters. The van der Waals surface area contributed by atoms with Gasteiger partial charge in [-0.05, 0) is 19.1 Å². The van der Waals surface area contributed by atoms with Crippen LogP contribution in [0.15, 0.2) is 47.4 Å². The summed E-state index contributed by atoms with van der Waals surface area (Å²) in [4.78, 5) is -0.458. The smallest absolute Gasteiger partial charge is 0.267 e. The zero-order valence-electron chi connectivity index (χ0n) is 13.1. The maximum Gasteiger partial charge on any atom is 0.267 e. The standard InChI is InChI=1S/C16H18FNO4S/c1-4-18(12-8-6-5-7-9-12)23(19,20)16-11-15(22-3)14(21-2)10-13(16)17/h5-11H,4H2,1-3H3. The molecule has 0 fully saturated rings. The van der Waals surface area contributed by atoms with E-state index in [0.717, 1.165) is 16.4 Å². The minimum Gasteiger partial charge on any atom is -0.493 e. The van der Waals surface area contributed by atoms with Gasteiger partial charge >= 0.3 is 0 Å². The molecule has 0 N–H and O–H groups in total. The molecule has 0 amide bonds. The molecule has 0 aliphatic rings. The third-order valence-electron chi connectivity index (χ3n) is 3.34. The molecular formula is C16H18FNO4S. The Balaban J connectivity index is 2.59. The first kappa shape index (κ1) is 17.1. The Kier molecular flexibility index (Phi) is 5.10. The Morgan fingerprint density at radius 1 is 1.04 bits per heavy atom. The van der Waals surface area contributed by atoms with Gasteiger partial charge in [0.15, 0.2) is 11.5 Å². The van der Waals surface area contributed by atoms with Crippen LogP contribution in [0.1, 0.15) is 6.92 Å². The van der Waals surface area contributed by atoms with Crippen LogP contribution in [-0.4, -0.2) is 29.2 Å². The van der Waals surface area contributed by atoms with Crippen molar-refractivity contribution >= 4 is 15.7 Å². The van der Waals surface area contributed by atoms with E-state index in [0.29, 0.717) is 5.69 Å². The van der Waals surface area contributed by atoms with Crippen molar-refractivity contribution in [1.82, 2.24) is 0 Å². The number of hydrogen-bond acceptors (Lipinski definition) is 4. The average Bonchev–Trinajstić information content (AvgIpc) is 2.55. The molecule has 0 aliphatic heterocycles. The fraction of sp³-hybridized carbons (Fsp3) is 0.250. The monoisotopic (exact) mass is 339 g/mol. The molecule has 0 heterocycles. The highest BCUT2D eigenvalue weighted by Crippen LogP contribution is 2.34. The van der Waals surface area contributed by atoms with E-state index < -0.39 is 20.7 Å². The lowest BCUT2D eigenvalue weighted by atomic mass is 10.3. The molecule has 2 rings (SSSR count). The Hall–Kier alpha value is -2.28. The molecule has 5 nitrogen and oxygen atoms in total. The highest BCUT2D eigenvalue weighted by molar-refractivity contribution is 7.92. The van der Waals surface area contributed by atoms with Gasteiger partial charge < -0.3 is 9.47 Å². The van der Waals surface area contributed by atoms with E-state index in [-0.39, 0.29) is 18.0 Å². The van der Waals surface area contributed by atoms with Gasteiger partial charge in [0, 0.05) is 18.7 Å². The highest BCUT2D eigenvalue weighted by atomic mass is 32.2. The number of ether oxygens (including phenoxy) is 2.